The number of hydrogen-bond donors (Lipinski definition) is 1. The smallest absolute Gasteiger partial charge is 0.254 e. The van der Waals surface area contributed by atoms with Gasteiger partial charge in [0.2, 0.25) is 0 Å². The normalized spacial score (nSPS) is 19.9. The van der Waals surface area contributed by atoms with Gasteiger partial charge in [0.05, 0.1) is 19.3 Å². The second-order valence-electron chi connectivity index (χ2n) is 4.39. The van der Waals surface area contributed by atoms with E-state index in [0.29, 0.717) is 25.3 Å². The monoisotopic (exact) mass is 313 g/mol. The molecule has 0 saturated carbocycles. The summed E-state index contributed by atoms with van der Waals surface area (Å²) in [5, 5.41) is 9.07. The number of carbonyl (C=O) groups is 1. The molecule has 5 heteroatoms. The fourth-order valence-corrected chi connectivity index (χ4v) is 2.30. The van der Waals surface area contributed by atoms with Crippen molar-refractivity contribution in [3.63, 3.8) is 0 Å². The topological polar surface area (TPSA) is 49.8 Å². The average Bonchev–Trinajstić information content (AvgIpc) is 2.41. The molecule has 1 heterocycles. The van der Waals surface area contributed by atoms with Crippen LogP contribution in [-0.2, 0) is 4.74 Å². The van der Waals surface area contributed by atoms with Crippen molar-refractivity contribution in [1.82, 2.24) is 4.90 Å². The molecule has 1 unspecified atom stereocenters. The van der Waals surface area contributed by atoms with Crippen LogP contribution < -0.4 is 0 Å². The second-order valence-corrected chi connectivity index (χ2v) is 5.24. The van der Waals surface area contributed by atoms with Gasteiger partial charge in [0.1, 0.15) is 0 Å². The molecule has 18 heavy (non-hydrogen) atoms. The van der Waals surface area contributed by atoms with E-state index < -0.39 is 0 Å². The molecule has 1 aromatic rings. The van der Waals surface area contributed by atoms with Crippen LogP contribution in [0.3, 0.4) is 0 Å². The maximum Gasteiger partial charge on any atom is 0.254 e. The minimum absolute atomic E-state index is 0.0162. The van der Waals surface area contributed by atoms with Gasteiger partial charge in [-0.25, -0.2) is 0 Å². The number of amides is 1. The van der Waals surface area contributed by atoms with Gasteiger partial charge in [-0.3, -0.25) is 4.79 Å². The molecular formula is C13H16BrNO3. The summed E-state index contributed by atoms with van der Waals surface area (Å²) in [7, 11) is 0. The highest BCUT2D eigenvalue weighted by Crippen LogP contribution is 2.19. The number of ether oxygens (including phenoxy) is 1. The molecule has 0 aliphatic carbocycles. The zero-order chi connectivity index (χ0) is 13.1. The fourth-order valence-electron chi connectivity index (χ4n) is 1.92. The molecule has 0 bridgehead atoms. The quantitative estimate of drug-likeness (QED) is 0.902. The first-order valence-electron chi connectivity index (χ1n) is 5.89. The van der Waals surface area contributed by atoms with E-state index in [1.165, 1.54) is 0 Å². The summed E-state index contributed by atoms with van der Waals surface area (Å²) in [6.07, 6.45) is -0.267. The maximum absolute atomic E-state index is 12.3. The fraction of sp³-hybridized carbons (Fsp3) is 0.462. The number of rotatable bonds is 2. The third kappa shape index (κ3) is 2.91. The summed E-state index contributed by atoms with van der Waals surface area (Å²) in [5.41, 5.74) is 1.76. The molecule has 1 N–H and O–H groups in total. The van der Waals surface area contributed by atoms with E-state index >= 15 is 0 Å². The predicted molar refractivity (Wildman–Crippen MR) is 71.6 cm³/mol. The minimum atomic E-state index is -0.267. The first-order chi connectivity index (χ1) is 8.61. The number of carbonyl (C=O) groups excluding carboxylic acids is 1. The zero-order valence-corrected chi connectivity index (χ0v) is 11.8. The van der Waals surface area contributed by atoms with Gasteiger partial charge in [-0.2, -0.15) is 0 Å². The van der Waals surface area contributed by atoms with Crippen molar-refractivity contribution in [2.45, 2.75) is 13.0 Å². The van der Waals surface area contributed by atoms with Crippen LogP contribution in [0.5, 0.6) is 0 Å². The van der Waals surface area contributed by atoms with Gasteiger partial charge in [0.15, 0.2) is 0 Å². The molecule has 2 rings (SSSR count). The highest BCUT2D eigenvalue weighted by molar-refractivity contribution is 9.10. The number of aryl methyl sites for hydroxylation is 1. The highest BCUT2D eigenvalue weighted by Gasteiger charge is 2.24. The lowest BCUT2D eigenvalue weighted by atomic mass is 10.1. The van der Waals surface area contributed by atoms with Crippen LogP contribution in [0.1, 0.15) is 15.9 Å². The van der Waals surface area contributed by atoms with E-state index in [4.69, 9.17) is 9.84 Å². The Hall–Kier alpha value is -0.910. The number of aliphatic hydroxyl groups excluding tert-OH is 1. The Labute approximate surface area is 115 Å². The summed E-state index contributed by atoms with van der Waals surface area (Å²) in [6.45, 7) is 3.42. The van der Waals surface area contributed by atoms with Crippen molar-refractivity contribution in [2.24, 2.45) is 0 Å². The SMILES string of the molecule is Cc1ccc(C(=O)N2CCOC(CO)C2)cc1Br. The van der Waals surface area contributed by atoms with Crippen LogP contribution in [0.2, 0.25) is 0 Å². The number of morpholine rings is 1. The second kappa shape index (κ2) is 5.82. The molecule has 1 aliphatic heterocycles. The van der Waals surface area contributed by atoms with Crippen molar-refractivity contribution in [2.75, 3.05) is 26.3 Å². The number of nitrogens with zero attached hydrogens (tertiary/aromatic N) is 1. The van der Waals surface area contributed by atoms with Crippen LogP contribution in [-0.4, -0.2) is 48.3 Å². The molecule has 0 spiro atoms. The summed E-state index contributed by atoms with van der Waals surface area (Å²) in [4.78, 5) is 14.0. The molecule has 0 aromatic heterocycles. The standard InChI is InChI=1S/C13H16BrNO3/c1-9-2-3-10(6-12(9)14)13(17)15-4-5-18-11(7-15)8-16/h2-3,6,11,16H,4-5,7-8H2,1H3. The third-order valence-electron chi connectivity index (χ3n) is 3.05. The Morgan fingerprint density at radius 2 is 2.39 bits per heavy atom. The third-order valence-corrected chi connectivity index (χ3v) is 3.90. The molecular weight excluding hydrogens is 298 g/mol. The van der Waals surface area contributed by atoms with Crippen LogP contribution in [0.25, 0.3) is 0 Å². The summed E-state index contributed by atoms with van der Waals surface area (Å²) < 4.78 is 6.26. The van der Waals surface area contributed by atoms with Gasteiger partial charge < -0.3 is 14.7 Å². The Morgan fingerprint density at radius 1 is 1.61 bits per heavy atom. The molecule has 1 fully saturated rings. The van der Waals surface area contributed by atoms with Crippen LogP contribution in [0.4, 0.5) is 0 Å². The van der Waals surface area contributed by atoms with Crippen molar-refractivity contribution in [3.8, 4) is 0 Å². The Bertz CT molecular complexity index is 450. The van der Waals surface area contributed by atoms with Gasteiger partial charge in [0.25, 0.3) is 5.91 Å². The number of hydrogen-bond acceptors (Lipinski definition) is 3. The lowest BCUT2D eigenvalue weighted by Gasteiger charge is -2.32. The molecule has 4 nitrogen and oxygen atoms in total. The van der Waals surface area contributed by atoms with Crippen molar-refractivity contribution in [1.29, 1.82) is 0 Å². The van der Waals surface area contributed by atoms with Crippen molar-refractivity contribution in [3.05, 3.63) is 33.8 Å². The Kier molecular flexibility index (Phi) is 4.37. The van der Waals surface area contributed by atoms with Crippen molar-refractivity contribution < 1.29 is 14.6 Å². The molecule has 98 valence electrons. The van der Waals surface area contributed by atoms with E-state index in [-0.39, 0.29) is 18.6 Å². The van der Waals surface area contributed by atoms with Gasteiger partial charge in [0, 0.05) is 23.1 Å². The molecule has 1 saturated heterocycles. The first-order valence-corrected chi connectivity index (χ1v) is 6.69. The number of halogens is 1. The molecule has 1 aromatic carbocycles. The molecule has 1 aliphatic rings. The van der Waals surface area contributed by atoms with Crippen LogP contribution in [0, 0.1) is 6.92 Å². The van der Waals surface area contributed by atoms with E-state index in [9.17, 15) is 4.79 Å². The van der Waals surface area contributed by atoms with Gasteiger partial charge in [-0.15, -0.1) is 0 Å². The Morgan fingerprint density at radius 3 is 3.06 bits per heavy atom. The average molecular weight is 314 g/mol. The van der Waals surface area contributed by atoms with E-state index in [1.54, 1.807) is 4.90 Å². The lowest BCUT2D eigenvalue weighted by Crippen LogP contribution is -2.46. The summed E-state index contributed by atoms with van der Waals surface area (Å²) in [5.74, 6) is -0.0162. The van der Waals surface area contributed by atoms with Crippen LogP contribution >= 0.6 is 15.9 Å². The zero-order valence-electron chi connectivity index (χ0n) is 10.2. The van der Waals surface area contributed by atoms with Gasteiger partial charge in [-0.05, 0) is 24.6 Å². The Balaban J connectivity index is 2.12. The van der Waals surface area contributed by atoms with E-state index in [1.807, 2.05) is 25.1 Å². The van der Waals surface area contributed by atoms with Crippen LogP contribution in [0.15, 0.2) is 22.7 Å². The maximum atomic E-state index is 12.3. The van der Waals surface area contributed by atoms with E-state index in [0.717, 1.165) is 10.0 Å². The number of aliphatic hydroxyl groups is 1. The van der Waals surface area contributed by atoms with Gasteiger partial charge in [-0.1, -0.05) is 22.0 Å². The number of benzene rings is 1. The minimum Gasteiger partial charge on any atom is -0.394 e. The largest absolute Gasteiger partial charge is 0.394 e. The summed E-state index contributed by atoms with van der Waals surface area (Å²) >= 11 is 3.43. The molecule has 1 atom stereocenters. The first kappa shape index (κ1) is 13.5. The van der Waals surface area contributed by atoms with Gasteiger partial charge >= 0.3 is 0 Å². The predicted octanol–water partition coefficient (Wildman–Crippen LogP) is 1.59. The summed E-state index contributed by atoms with van der Waals surface area (Å²) in [6, 6.07) is 5.58. The lowest BCUT2D eigenvalue weighted by molar-refractivity contribution is -0.0447. The molecule has 0 radical (unpaired) electrons. The van der Waals surface area contributed by atoms with E-state index in [2.05, 4.69) is 15.9 Å². The highest BCUT2D eigenvalue weighted by atomic mass is 79.9. The molecule has 1 amide bonds. The van der Waals surface area contributed by atoms with Crippen molar-refractivity contribution >= 4 is 21.8 Å².